The van der Waals surface area contributed by atoms with E-state index in [1.807, 2.05) is 177 Å². The molecular weight excluding hydrogens is 1710 g/mol. The van der Waals surface area contributed by atoms with Gasteiger partial charge < -0.3 is 95.3 Å². The minimum Gasteiger partial charge on any atom is -0.497 e. The number of hydrogen-bond donors (Lipinski definition) is 8. The molecule has 6 aromatic heterocycles. The van der Waals surface area contributed by atoms with Crippen LogP contribution in [0.15, 0.2) is 206 Å². The van der Waals surface area contributed by atoms with Crippen molar-refractivity contribution in [2.24, 2.45) is 0 Å². The van der Waals surface area contributed by atoms with E-state index in [4.69, 9.17) is 101 Å². The highest BCUT2D eigenvalue weighted by molar-refractivity contribution is 6.32. The Labute approximate surface area is 775 Å². The average molecular weight is 1820 g/mol. The second kappa shape index (κ2) is 43.0. The smallest absolute Gasteiger partial charge is 0.233 e. The van der Waals surface area contributed by atoms with Crippen molar-refractivity contribution in [3.05, 3.63) is 233 Å². The molecule has 0 unspecified atom stereocenters. The molecule has 8 heterocycles. The normalized spacial score (nSPS) is 12.5. The molecule has 8 N–H and O–H groups in total. The molecule has 18 rings (SSSR count). The van der Waals surface area contributed by atoms with Crippen molar-refractivity contribution in [1.29, 1.82) is 0 Å². The number of ether oxygens (including phenoxy) is 7. The van der Waals surface area contributed by atoms with Gasteiger partial charge in [0.25, 0.3) is 0 Å². The Morgan fingerprint density at radius 2 is 0.720 bits per heavy atom. The minimum atomic E-state index is 0.435. The van der Waals surface area contributed by atoms with Crippen LogP contribution in [0, 0.1) is 6.92 Å². The van der Waals surface area contributed by atoms with Gasteiger partial charge in [-0.2, -0.15) is 44.9 Å². The Hall–Kier alpha value is -15.0. The van der Waals surface area contributed by atoms with Crippen LogP contribution < -0.4 is 95.3 Å². The van der Waals surface area contributed by atoms with Crippen LogP contribution in [0.2, 0.25) is 10.0 Å². The molecule has 16 aromatic rings. The van der Waals surface area contributed by atoms with E-state index in [9.17, 15) is 0 Å². The number of fused-ring (bicyclic) bond motifs is 6. The van der Waals surface area contributed by atoms with Gasteiger partial charge >= 0.3 is 0 Å². The lowest BCUT2D eigenvalue weighted by molar-refractivity contribution is 0.393. The van der Waals surface area contributed by atoms with Crippen LogP contribution in [0.5, 0.6) is 40.2 Å². The molecule has 0 saturated carbocycles. The highest BCUT2D eigenvalue weighted by Gasteiger charge is 2.24. The highest BCUT2D eigenvalue weighted by Crippen LogP contribution is 2.39. The maximum atomic E-state index is 6.32. The van der Waals surface area contributed by atoms with E-state index in [-0.39, 0.29) is 0 Å². The standard InChI is InChI=1S/C36H36ClN9O2.C35H41N7O3.C28H29ClN8O2/c1-47-27-11-9-25(10-12-27)40-35-42-34(43-36(44-35)46-20-18-45(19-21-46)26-6-4-3-5-7-26)39-17-16-38-33-29-14-8-24(37)22-32(29)41-31-15-13-28(48-2)23-30(31)33;1-23-9-11-28-31(17-23)38-30-12-10-25(43-2)22-29(30)33(28)36-13-8-14-37-34-39-32(40-35(41-34)42-15-6-5-7-16-42)20-24-18-26(44-3)21-27(19-24)45-4;1-37(2)28-35-26(34-27(36-28)32-18-6-8-19(38-3)9-7-18)31-14-13-30-25-21-11-5-17(29)15-24(21)33-23-12-10-20(39-4)16-22(23)25/h3-15,22-23H,16-21H2,1-2H3,(H,38,41)(H2,39,40,42,43,44);9-12,17-19,21-22H,5-8,13-16,20H2,1-4H3,(H,36,38)(H,37,39,40,41);5-12,15-16H,13-14H2,1-4H3,(H,30,33)(H2,31,32,34,35,36). The molecule has 0 bridgehead atoms. The predicted molar refractivity (Wildman–Crippen MR) is 533 cm³/mol. The number of rotatable bonds is 33. The molecule has 132 heavy (non-hydrogen) atoms. The first-order chi connectivity index (χ1) is 64.5. The monoisotopic (exact) mass is 1810 g/mol. The van der Waals surface area contributed by atoms with Crippen LogP contribution in [0.4, 0.5) is 81.7 Å². The predicted octanol–water partition coefficient (Wildman–Crippen LogP) is 18.8. The van der Waals surface area contributed by atoms with E-state index < -0.39 is 0 Å². The molecule has 2 aliphatic heterocycles. The fourth-order valence-corrected chi connectivity index (χ4v) is 16.0. The molecule has 33 heteroatoms. The summed E-state index contributed by atoms with van der Waals surface area (Å²) in [6.07, 6.45) is 4.93. The van der Waals surface area contributed by atoms with Crippen LogP contribution in [0.3, 0.4) is 0 Å². The molecule has 2 saturated heterocycles. The van der Waals surface area contributed by atoms with E-state index in [0.29, 0.717) is 96.7 Å². The molecule has 2 fully saturated rings. The fraction of sp³-hybridized carbons (Fsp3) is 0.273. The zero-order valence-electron chi connectivity index (χ0n) is 75.4. The Kier molecular flexibility index (Phi) is 29.4. The molecule has 0 aliphatic carbocycles. The van der Waals surface area contributed by atoms with Gasteiger partial charge in [-0.15, -0.1) is 0 Å². The van der Waals surface area contributed by atoms with Gasteiger partial charge in [0.1, 0.15) is 46.1 Å². The number of aromatic nitrogens is 12. The van der Waals surface area contributed by atoms with Gasteiger partial charge in [0.05, 0.1) is 99.9 Å². The summed E-state index contributed by atoms with van der Waals surface area (Å²) in [5, 5.41) is 34.9. The van der Waals surface area contributed by atoms with Crippen LogP contribution in [0.1, 0.15) is 42.6 Å². The summed E-state index contributed by atoms with van der Waals surface area (Å²) in [6, 6.07) is 67.1. The van der Waals surface area contributed by atoms with Gasteiger partial charge in [0.2, 0.25) is 47.6 Å². The van der Waals surface area contributed by atoms with Gasteiger partial charge in [0, 0.05) is 165 Å². The van der Waals surface area contributed by atoms with Crippen molar-refractivity contribution < 1.29 is 33.2 Å². The van der Waals surface area contributed by atoms with Gasteiger partial charge in [-0.25, -0.2) is 15.0 Å². The van der Waals surface area contributed by atoms with Crippen molar-refractivity contribution >= 4 is 170 Å². The van der Waals surface area contributed by atoms with E-state index >= 15 is 0 Å². The van der Waals surface area contributed by atoms with Crippen molar-refractivity contribution in [2.75, 3.05) is 205 Å². The van der Waals surface area contributed by atoms with Gasteiger partial charge in [0.15, 0.2) is 0 Å². The van der Waals surface area contributed by atoms with E-state index in [1.54, 1.807) is 49.8 Å². The summed E-state index contributed by atoms with van der Waals surface area (Å²) in [5.41, 5.74) is 13.3. The Bertz CT molecular complexity index is 6660. The molecule has 678 valence electrons. The van der Waals surface area contributed by atoms with Gasteiger partial charge in [-0.1, -0.05) is 53.5 Å². The minimum absolute atomic E-state index is 0.435. The number of piperidine rings is 1. The first kappa shape index (κ1) is 90.4. The van der Waals surface area contributed by atoms with E-state index in [2.05, 4.69) is 128 Å². The molecule has 2 aliphatic rings. The first-order valence-electron chi connectivity index (χ1n) is 43.8. The van der Waals surface area contributed by atoms with Crippen molar-refractivity contribution in [2.45, 2.75) is 39.0 Å². The maximum absolute atomic E-state index is 6.32. The summed E-state index contributed by atoms with van der Waals surface area (Å²) in [4.78, 5) is 65.8. The summed E-state index contributed by atoms with van der Waals surface area (Å²) in [7, 11) is 15.4. The summed E-state index contributed by atoms with van der Waals surface area (Å²) in [6.45, 7) is 11.1. The Morgan fingerprint density at radius 3 is 1.22 bits per heavy atom. The number of nitrogens with one attached hydrogen (secondary N) is 8. The van der Waals surface area contributed by atoms with Crippen molar-refractivity contribution in [1.82, 2.24) is 59.8 Å². The third kappa shape index (κ3) is 22.6. The summed E-state index contributed by atoms with van der Waals surface area (Å²) >= 11 is 12.6. The lowest BCUT2D eigenvalue weighted by Gasteiger charge is -2.36. The molecule has 31 nitrogen and oxygen atoms in total. The average Bonchev–Trinajstić information content (AvgIpc) is 0.773. The molecule has 10 aromatic carbocycles. The second-order valence-corrected chi connectivity index (χ2v) is 32.5. The number of methoxy groups -OCH3 is 7. The maximum Gasteiger partial charge on any atom is 0.233 e. The van der Waals surface area contributed by atoms with Crippen LogP contribution in [-0.4, -0.2) is 202 Å². The zero-order chi connectivity index (χ0) is 91.4. The number of hydrogen-bond acceptors (Lipinski definition) is 31. The first-order valence-corrected chi connectivity index (χ1v) is 44.5. The number of aryl methyl sites for hydroxylation is 1. The fourth-order valence-electron chi connectivity index (χ4n) is 15.7. The number of anilines is 14. The quantitative estimate of drug-likeness (QED) is 0.0140. The number of halogens is 2. The molecular formula is C99H106Cl2N24O7. The largest absolute Gasteiger partial charge is 0.497 e. The number of nitrogens with zero attached hydrogens (tertiary/aromatic N) is 16. The van der Waals surface area contributed by atoms with Crippen LogP contribution in [-0.2, 0) is 6.42 Å². The van der Waals surface area contributed by atoms with Crippen LogP contribution in [0.25, 0.3) is 65.4 Å². The Morgan fingerprint density at radius 1 is 0.318 bits per heavy atom. The van der Waals surface area contributed by atoms with Gasteiger partial charge in [-0.05, 0) is 214 Å². The lowest BCUT2D eigenvalue weighted by Crippen LogP contribution is -2.47. The van der Waals surface area contributed by atoms with Gasteiger partial charge in [-0.3, -0.25) is 0 Å². The second-order valence-electron chi connectivity index (χ2n) is 31.7. The lowest BCUT2D eigenvalue weighted by atomic mass is 10.1. The number of benzene rings is 10. The number of pyridine rings is 3. The Balaban J connectivity index is 0.000000145. The summed E-state index contributed by atoms with van der Waals surface area (Å²) < 4.78 is 38.0. The zero-order valence-corrected chi connectivity index (χ0v) is 76.9. The molecule has 0 amide bonds. The van der Waals surface area contributed by atoms with E-state index in [1.165, 1.54) is 17.7 Å². The van der Waals surface area contributed by atoms with Crippen molar-refractivity contribution in [3.63, 3.8) is 0 Å². The highest BCUT2D eigenvalue weighted by atomic mass is 35.5. The number of piperazine rings is 1. The molecule has 0 spiro atoms. The molecule has 0 atom stereocenters. The van der Waals surface area contributed by atoms with Crippen molar-refractivity contribution in [3.8, 4) is 40.2 Å². The SMILES string of the molecule is COc1cc(Cc2nc(NCCCNc3c4ccc(C)cc4nc4ccc(OC)cc34)nc(N3CCCCC3)n2)cc(OC)c1.COc1ccc(Nc2nc(NCCNc3c4ccc(Cl)cc4nc4ccc(OC)cc34)nc(N(C)C)n2)cc1.COc1ccc(Nc2nc(NCCNc3c4ccc(Cl)cc4nc4ccc(OC)cc34)nc(N3CCN(c4ccccc4)CC3)n2)cc1. The van der Waals surface area contributed by atoms with Crippen LogP contribution >= 0.6 is 23.2 Å². The topological polar surface area (TPSA) is 328 Å². The third-order valence-electron chi connectivity index (χ3n) is 22.5. The summed E-state index contributed by atoms with van der Waals surface area (Å²) in [5.74, 6) is 10.4. The third-order valence-corrected chi connectivity index (χ3v) is 23.0. The molecule has 0 radical (unpaired) electrons. The van der Waals surface area contributed by atoms with E-state index in [0.717, 1.165) is 211 Å². The number of para-hydroxylation sites is 1.